The summed E-state index contributed by atoms with van der Waals surface area (Å²) < 4.78 is 7.48. The van der Waals surface area contributed by atoms with E-state index in [4.69, 9.17) is 9.84 Å². The first-order valence-electron chi connectivity index (χ1n) is 8.26. The number of nitrogens with zero attached hydrogens (tertiary/aromatic N) is 3. The van der Waals surface area contributed by atoms with Crippen LogP contribution in [0.5, 0.6) is 5.75 Å². The highest BCUT2D eigenvalue weighted by molar-refractivity contribution is 7.07. The molecule has 1 N–H and O–H groups in total. The fourth-order valence-corrected chi connectivity index (χ4v) is 3.75. The van der Waals surface area contributed by atoms with Crippen LogP contribution in [-0.2, 0) is 6.54 Å². The lowest BCUT2D eigenvalue weighted by atomic mass is 10.1. The van der Waals surface area contributed by atoms with Gasteiger partial charge in [-0.3, -0.25) is 5.01 Å². The van der Waals surface area contributed by atoms with Crippen LogP contribution >= 0.6 is 11.3 Å². The second-order valence-corrected chi connectivity index (χ2v) is 6.88. The maximum absolute atomic E-state index is 5.25. The van der Waals surface area contributed by atoms with E-state index in [1.54, 1.807) is 23.3 Å². The monoisotopic (exact) mass is 345 g/mol. The number of quaternary nitrogens is 1. The molecule has 0 bridgehead atoms. The van der Waals surface area contributed by atoms with Gasteiger partial charge in [0.15, 0.2) is 0 Å². The number of thiazole rings is 1. The number of aromatic nitrogens is 1. The molecule has 1 aromatic heterocycles. The van der Waals surface area contributed by atoms with Crippen LogP contribution in [0.3, 0.4) is 0 Å². The lowest BCUT2D eigenvalue weighted by Gasteiger charge is -2.27. The number of hydrogen-bond acceptors (Lipinski definition) is 4. The Hall–Kier alpha value is -2.05. The van der Waals surface area contributed by atoms with Crippen molar-refractivity contribution in [3.63, 3.8) is 0 Å². The molecule has 1 aliphatic heterocycles. The van der Waals surface area contributed by atoms with E-state index >= 15 is 0 Å². The maximum atomic E-state index is 5.25. The number of nitrogens with one attached hydrogen (secondary N) is 1. The third-order valence-corrected chi connectivity index (χ3v) is 5.17. The molecule has 0 aliphatic carbocycles. The van der Waals surface area contributed by atoms with Gasteiger partial charge in [-0.1, -0.05) is 6.08 Å². The number of piperazine rings is 1. The van der Waals surface area contributed by atoms with Crippen LogP contribution in [0, 0.1) is 0 Å². The Kier molecular flexibility index (Phi) is 5.37. The van der Waals surface area contributed by atoms with Gasteiger partial charge in [0.25, 0.3) is 0 Å². The predicted octanol–water partition coefficient (Wildman–Crippen LogP) is 1.06. The molecule has 3 rings (SSSR count). The number of likely N-dealkylation sites (N-methyl/N-ethyl adjacent to an activating group) is 1. The average molecular weight is 345 g/mol. The predicted molar refractivity (Wildman–Crippen MR) is 98.3 cm³/mol. The highest BCUT2D eigenvalue weighted by Crippen LogP contribution is 2.23. The minimum atomic E-state index is 0.753. The van der Waals surface area contributed by atoms with Crippen molar-refractivity contribution in [1.29, 1.82) is 0 Å². The van der Waals surface area contributed by atoms with Crippen LogP contribution in [0.25, 0.3) is 11.3 Å². The molecule has 0 saturated carbocycles. The Morgan fingerprint density at radius 1 is 1.29 bits per heavy atom. The Balaban J connectivity index is 1.93. The summed E-state index contributed by atoms with van der Waals surface area (Å²) in [5.74, 6) is 0.870. The number of hydrogen-bond donors (Lipinski definition) is 1. The van der Waals surface area contributed by atoms with E-state index in [0.717, 1.165) is 48.8 Å². The molecule has 0 radical (unpaired) electrons. The highest BCUT2D eigenvalue weighted by atomic mass is 32.1. The molecular weight excluding hydrogens is 320 g/mol. The first-order valence-corrected chi connectivity index (χ1v) is 9.14. The summed E-state index contributed by atoms with van der Waals surface area (Å²) in [5, 5.41) is 9.24. The van der Waals surface area contributed by atoms with Gasteiger partial charge >= 0.3 is 0 Å². The number of allylic oxidation sites excluding steroid dienone is 1. The third kappa shape index (κ3) is 3.71. The fraction of sp³-hybridized carbons (Fsp3) is 0.389. The van der Waals surface area contributed by atoms with Gasteiger partial charge < -0.3 is 14.2 Å². The lowest BCUT2D eigenvalue weighted by Crippen LogP contribution is -3.11. The van der Waals surface area contributed by atoms with Gasteiger partial charge in [0.05, 0.1) is 46.0 Å². The van der Waals surface area contributed by atoms with Crippen LogP contribution in [0.1, 0.15) is 0 Å². The van der Waals surface area contributed by atoms with Crippen molar-refractivity contribution in [2.75, 3.05) is 40.3 Å². The number of methoxy groups -OCH3 is 1. The van der Waals surface area contributed by atoms with E-state index < -0.39 is 0 Å². The van der Waals surface area contributed by atoms with E-state index in [0.29, 0.717) is 0 Å². The summed E-state index contributed by atoms with van der Waals surface area (Å²) in [4.78, 5) is 2.60. The Morgan fingerprint density at radius 2 is 2.00 bits per heavy atom. The van der Waals surface area contributed by atoms with Gasteiger partial charge in [-0.2, -0.15) is 0 Å². The summed E-state index contributed by atoms with van der Waals surface area (Å²) in [6.45, 7) is 8.95. The van der Waals surface area contributed by atoms with Gasteiger partial charge in [0, 0.05) is 11.9 Å². The molecule has 1 fully saturated rings. The van der Waals surface area contributed by atoms with E-state index in [9.17, 15) is 0 Å². The molecule has 0 atom stereocenters. The Labute approximate surface area is 147 Å². The molecule has 5 nitrogen and oxygen atoms in total. The number of ether oxygens (including phenoxy) is 1. The molecule has 0 unspecified atom stereocenters. The van der Waals surface area contributed by atoms with Gasteiger partial charge in [0.1, 0.15) is 5.75 Å². The van der Waals surface area contributed by atoms with Gasteiger partial charge in [-0.15, -0.1) is 23.0 Å². The highest BCUT2D eigenvalue weighted by Gasteiger charge is 2.15. The summed E-state index contributed by atoms with van der Waals surface area (Å²) in [7, 11) is 3.92. The summed E-state index contributed by atoms with van der Waals surface area (Å²) in [6, 6.07) is 8.16. The van der Waals surface area contributed by atoms with Crippen LogP contribution in [-0.4, -0.2) is 49.9 Å². The molecule has 6 heteroatoms. The van der Waals surface area contributed by atoms with Crippen molar-refractivity contribution in [3.05, 3.63) is 47.1 Å². The van der Waals surface area contributed by atoms with Gasteiger partial charge in [-0.05, 0) is 29.8 Å². The van der Waals surface area contributed by atoms with E-state index in [2.05, 4.69) is 40.7 Å². The summed E-state index contributed by atoms with van der Waals surface area (Å²) >= 11 is 1.68. The molecule has 1 aromatic carbocycles. The normalized spacial score (nSPS) is 16.4. The summed E-state index contributed by atoms with van der Waals surface area (Å²) in [6.07, 6.45) is 1.92. The Bertz CT molecular complexity index is 739. The smallest absolute Gasteiger partial charge is 0.208 e. The Morgan fingerprint density at radius 3 is 2.62 bits per heavy atom. The van der Waals surface area contributed by atoms with Crippen LogP contribution < -0.4 is 14.4 Å². The minimum Gasteiger partial charge on any atom is -0.497 e. The van der Waals surface area contributed by atoms with Crippen molar-refractivity contribution in [2.24, 2.45) is 5.10 Å². The number of benzene rings is 1. The maximum Gasteiger partial charge on any atom is 0.208 e. The van der Waals surface area contributed by atoms with Crippen LogP contribution in [0.15, 0.2) is 47.4 Å². The largest absolute Gasteiger partial charge is 0.497 e. The minimum absolute atomic E-state index is 0.753. The standard InChI is InChI=1S/C18H24N4OS/c1-4-9-22-17(15-5-7-16(23-3)8-6-15)14-24-18(22)19-21-12-10-20(2)11-13-21/h4-8,14H,1,9-13H2,2-3H3/p+1. The molecular formula is C18H25N4OS+. The van der Waals surface area contributed by atoms with Gasteiger partial charge in [0.2, 0.25) is 4.80 Å². The van der Waals surface area contributed by atoms with Crippen molar-refractivity contribution in [2.45, 2.75) is 6.54 Å². The fourth-order valence-electron chi connectivity index (χ4n) is 2.81. The van der Waals surface area contributed by atoms with Crippen molar-refractivity contribution >= 4 is 11.3 Å². The third-order valence-electron chi connectivity index (χ3n) is 4.32. The topological polar surface area (TPSA) is 34.2 Å². The SMILES string of the molecule is C=CCn1c(-c2ccc(OC)cc2)csc1=NN1CC[NH+](C)CC1. The molecule has 0 amide bonds. The second-order valence-electron chi connectivity index (χ2n) is 6.04. The zero-order valence-corrected chi connectivity index (χ0v) is 15.2. The van der Waals surface area contributed by atoms with Gasteiger partial charge in [-0.25, -0.2) is 0 Å². The first kappa shape index (κ1) is 16.8. The van der Waals surface area contributed by atoms with Crippen LogP contribution in [0.2, 0.25) is 0 Å². The van der Waals surface area contributed by atoms with Crippen LogP contribution in [0.4, 0.5) is 0 Å². The van der Waals surface area contributed by atoms with Crippen molar-refractivity contribution < 1.29 is 9.64 Å². The zero-order chi connectivity index (χ0) is 16.9. The molecule has 128 valence electrons. The second kappa shape index (κ2) is 7.68. The van der Waals surface area contributed by atoms with Crippen molar-refractivity contribution in [1.82, 2.24) is 9.58 Å². The molecule has 2 heterocycles. The number of rotatable bonds is 5. The van der Waals surface area contributed by atoms with E-state index in [1.165, 1.54) is 5.69 Å². The lowest BCUT2D eigenvalue weighted by molar-refractivity contribution is -0.884. The summed E-state index contributed by atoms with van der Waals surface area (Å²) in [5.41, 5.74) is 2.33. The molecule has 2 aromatic rings. The molecule has 1 aliphatic rings. The molecule has 1 saturated heterocycles. The van der Waals surface area contributed by atoms with E-state index in [1.807, 2.05) is 18.2 Å². The average Bonchev–Trinajstić information content (AvgIpc) is 3.00. The quantitative estimate of drug-likeness (QED) is 0.822. The first-order chi connectivity index (χ1) is 11.7. The molecule has 24 heavy (non-hydrogen) atoms. The zero-order valence-electron chi connectivity index (χ0n) is 14.4. The van der Waals surface area contributed by atoms with Crippen molar-refractivity contribution in [3.8, 4) is 17.0 Å². The molecule has 0 spiro atoms. The van der Waals surface area contributed by atoms with E-state index in [-0.39, 0.29) is 0 Å².